The second-order valence-electron chi connectivity index (χ2n) is 13.5. The van der Waals surface area contributed by atoms with Crippen molar-refractivity contribution in [1.29, 1.82) is 0 Å². The van der Waals surface area contributed by atoms with Crippen LogP contribution in [0.1, 0.15) is 66.7 Å². The topological polar surface area (TPSA) is 52.5 Å². The third-order valence-electron chi connectivity index (χ3n) is 9.83. The second kappa shape index (κ2) is 17.0. The number of hydrogen-bond donors (Lipinski definition) is 3. The Balaban J connectivity index is 1.23. The Hall–Kier alpha value is -6.30. The highest BCUT2D eigenvalue weighted by atomic mass is 16.3. The average Bonchev–Trinajstić information content (AvgIpc) is 3.60. The highest BCUT2D eigenvalue weighted by Crippen LogP contribution is 2.30. The van der Waals surface area contributed by atoms with E-state index in [-0.39, 0.29) is 12.2 Å². The predicted octanol–water partition coefficient (Wildman–Crippen LogP) is 10.4. The number of fused-ring (bicyclic) bond motifs is 3. The summed E-state index contributed by atoms with van der Waals surface area (Å²) < 4.78 is 6.28. The van der Waals surface area contributed by atoms with Crippen molar-refractivity contribution >= 4 is 45.8 Å². The molecule has 0 aliphatic heterocycles. The van der Waals surface area contributed by atoms with E-state index >= 15 is 0 Å². The molecule has 1 aliphatic rings. The molecule has 0 spiro atoms. The highest BCUT2D eigenvalue weighted by Gasteiger charge is 2.20. The zero-order valence-corrected chi connectivity index (χ0v) is 31.3. The summed E-state index contributed by atoms with van der Waals surface area (Å²) in [6, 6.07) is 44.7. The molecule has 5 aromatic carbocycles. The van der Waals surface area contributed by atoms with Gasteiger partial charge in [0.25, 0.3) is 0 Å². The number of para-hydroxylation sites is 1. The summed E-state index contributed by atoms with van der Waals surface area (Å²) >= 11 is 0. The number of furan rings is 1. The van der Waals surface area contributed by atoms with Gasteiger partial charge in [0.1, 0.15) is 17.2 Å². The normalized spacial score (nSPS) is 14.1. The van der Waals surface area contributed by atoms with Crippen molar-refractivity contribution in [2.24, 2.45) is 0 Å². The Kier molecular flexibility index (Phi) is 11.4. The molecule has 1 aliphatic carbocycles. The Morgan fingerprint density at radius 2 is 1.44 bits per heavy atom. The third-order valence-corrected chi connectivity index (χ3v) is 9.83. The minimum Gasteiger partial charge on any atom is -0.456 e. The molecule has 0 amide bonds. The number of nitrogens with zero attached hydrogens (tertiary/aromatic N) is 1. The summed E-state index contributed by atoms with van der Waals surface area (Å²) in [5.74, 6) is 0. The molecule has 7 rings (SSSR count). The molecule has 0 radical (unpaired) electrons. The zero-order chi connectivity index (χ0) is 37.3. The van der Waals surface area contributed by atoms with Crippen molar-refractivity contribution in [2.75, 3.05) is 17.4 Å². The smallest absolute Gasteiger partial charge is 0.137 e. The average molecular weight is 709 g/mol. The maximum Gasteiger partial charge on any atom is 0.137 e. The largest absolute Gasteiger partial charge is 0.456 e. The molecule has 1 aromatic heterocycles. The van der Waals surface area contributed by atoms with Crippen LogP contribution in [-0.2, 0) is 0 Å². The van der Waals surface area contributed by atoms with Gasteiger partial charge in [0.2, 0.25) is 0 Å². The molecule has 0 fully saturated rings. The molecule has 54 heavy (non-hydrogen) atoms. The summed E-state index contributed by atoms with van der Waals surface area (Å²) in [5, 5.41) is 12.1. The molecular weight excluding hydrogens is 661 g/mol. The van der Waals surface area contributed by atoms with Gasteiger partial charge in [0.15, 0.2) is 0 Å². The molecule has 2 atom stereocenters. The third kappa shape index (κ3) is 8.17. The van der Waals surface area contributed by atoms with Gasteiger partial charge in [-0.1, -0.05) is 128 Å². The van der Waals surface area contributed by atoms with Crippen LogP contribution in [-0.4, -0.2) is 7.05 Å². The molecule has 0 saturated heterocycles. The van der Waals surface area contributed by atoms with E-state index in [0.29, 0.717) is 0 Å². The predicted molar refractivity (Wildman–Crippen MR) is 229 cm³/mol. The number of allylic oxidation sites excluding steroid dienone is 6. The molecule has 0 saturated carbocycles. The second-order valence-corrected chi connectivity index (χ2v) is 13.5. The van der Waals surface area contributed by atoms with Crippen molar-refractivity contribution in [1.82, 2.24) is 10.7 Å². The first-order valence-electron chi connectivity index (χ1n) is 18.7. The van der Waals surface area contributed by atoms with E-state index in [1.807, 2.05) is 19.1 Å². The van der Waals surface area contributed by atoms with Crippen LogP contribution in [0, 0.1) is 0 Å². The van der Waals surface area contributed by atoms with E-state index in [9.17, 15) is 0 Å². The Labute approximate surface area is 319 Å². The number of hydrogen-bond acceptors (Lipinski definition) is 5. The molecule has 5 heteroatoms. The van der Waals surface area contributed by atoms with Crippen LogP contribution in [0.2, 0.25) is 0 Å². The van der Waals surface area contributed by atoms with Crippen molar-refractivity contribution < 1.29 is 4.42 Å². The van der Waals surface area contributed by atoms with E-state index in [2.05, 4.69) is 199 Å². The van der Waals surface area contributed by atoms with Gasteiger partial charge in [-0.3, -0.25) is 0 Å². The number of nitrogens with one attached hydrogen (secondary N) is 3. The van der Waals surface area contributed by atoms with Crippen LogP contribution in [0.5, 0.6) is 0 Å². The molecule has 0 bridgehead atoms. The SMILES string of the molecule is C=C/C=C(\C=C/C)c1cccc(C(NN(C)c2ccccc2)c2cccc(/C(=C/C)NC(Nc3ccc4c5c(oc4c3)=CCCC=5)c3ccccc3)c2)c1. The minimum absolute atomic E-state index is 0.146. The van der Waals surface area contributed by atoms with E-state index in [1.165, 1.54) is 5.22 Å². The Morgan fingerprint density at radius 3 is 2.17 bits per heavy atom. The van der Waals surface area contributed by atoms with Gasteiger partial charge >= 0.3 is 0 Å². The first kappa shape index (κ1) is 36.1. The zero-order valence-electron chi connectivity index (χ0n) is 31.3. The van der Waals surface area contributed by atoms with Gasteiger partial charge in [-0.2, -0.15) is 0 Å². The van der Waals surface area contributed by atoms with E-state index in [4.69, 9.17) is 4.42 Å². The molecule has 3 N–H and O–H groups in total. The molecular formula is C49H48N4O. The van der Waals surface area contributed by atoms with Gasteiger partial charge in [0.05, 0.1) is 11.7 Å². The van der Waals surface area contributed by atoms with Gasteiger partial charge < -0.3 is 20.1 Å². The maximum absolute atomic E-state index is 6.28. The van der Waals surface area contributed by atoms with Crippen molar-refractivity contribution in [3.63, 3.8) is 0 Å². The minimum atomic E-state index is -0.210. The molecule has 270 valence electrons. The molecule has 1 heterocycles. The van der Waals surface area contributed by atoms with E-state index < -0.39 is 0 Å². The Morgan fingerprint density at radius 1 is 0.759 bits per heavy atom. The maximum atomic E-state index is 6.28. The lowest BCUT2D eigenvalue weighted by Crippen LogP contribution is -2.38. The van der Waals surface area contributed by atoms with Gasteiger partial charge in [-0.05, 0) is 103 Å². The summed E-state index contributed by atoms with van der Waals surface area (Å²) in [5.41, 5.74) is 15.5. The summed E-state index contributed by atoms with van der Waals surface area (Å²) in [4.78, 5) is 0. The molecule has 5 nitrogen and oxygen atoms in total. The lowest BCUT2D eigenvalue weighted by atomic mass is 9.93. The fraction of sp³-hybridized carbons (Fsp3) is 0.143. The first-order valence-corrected chi connectivity index (χ1v) is 18.7. The van der Waals surface area contributed by atoms with E-state index in [0.717, 1.165) is 79.7 Å². The monoisotopic (exact) mass is 708 g/mol. The Bertz CT molecular complexity index is 2440. The fourth-order valence-electron chi connectivity index (χ4n) is 7.13. The molecule has 6 aromatic rings. The lowest BCUT2D eigenvalue weighted by Gasteiger charge is -2.29. The van der Waals surface area contributed by atoms with Gasteiger partial charge in [0, 0.05) is 35.1 Å². The standard InChI is InChI=1S/C49H48N4O/c1-5-18-35(19-6-2)37-22-16-24-39(32-37)48(52-53(4)42-26-12-9-13-27-42)40-25-17-23-38(33-40)45(7-3)51-49(36-20-10-8-11-21-36)50-41-30-31-44-43-28-14-15-29-46(43)54-47(44)34-41/h5-13,16-34,48-52H,1,14-15H2,2-4H3/b19-6-,35-18+,45-7-. The van der Waals surface area contributed by atoms with Crippen LogP contribution in [0.3, 0.4) is 0 Å². The first-order chi connectivity index (χ1) is 26.5. The highest BCUT2D eigenvalue weighted by molar-refractivity contribution is 5.83. The van der Waals surface area contributed by atoms with Crippen LogP contribution >= 0.6 is 0 Å². The van der Waals surface area contributed by atoms with Crippen LogP contribution in [0.25, 0.3) is 34.4 Å². The number of benzene rings is 5. The van der Waals surface area contributed by atoms with E-state index in [1.54, 1.807) is 0 Å². The van der Waals surface area contributed by atoms with Crippen molar-refractivity contribution in [2.45, 2.75) is 38.9 Å². The van der Waals surface area contributed by atoms with Crippen molar-refractivity contribution in [3.05, 3.63) is 203 Å². The molecule has 2 unspecified atom stereocenters. The quantitative estimate of drug-likeness (QED) is 0.0598. The number of anilines is 2. The summed E-state index contributed by atoms with van der Waals surface area (Å²) in [6.07, 6.45) is 16.6. The van der Waals surface area contributed by atoms with Gasteiger partial charge in [-0.15, -0.1) is 0 Å². The van der Waals surface area contributed by atoms with Gasteiger partial charge in [-0.25, -0.2) is 5.43 Å². The fourth-order valence-corrected chi connectivity index (χ4v) is 7.13. The number of hydrazine groups is 1. The van der Waals surface area contributed by atoms with Crippen molar-refractivity contribution in [3.8, 4) is 0 Å². The number of rotatable bonds is 14. The van der Waals surface area contributed by atoms with Crippen LogP contribution < -0.4 is 31.7 Å². The summed E-state index contributed by atoms with van der Waals surface area (Å²) in [7, 11) is 2.07. The summed E-state index contributed by atoms with van der Waals surface area (Å²) in [6.45, 7) is 8.08. The van der Waals surface area contributed by atoms with Crippen LogP contribution in [0.15, 0.2) is 169 Å². The van der Waals surface area contributed by atoms with Crippen LogP contribution in [0.4, 0.5) is 11.4 Å². The lowest BCUT2D eigenvalue weighted by molar-refractivity contribution is 0.571.